The number of hydrogen-bond acceptors (Lipinski definition) is 1. The van der Waals surface area contributed by atoms with Crippen LogP contribution in [0.15, 0.2) is 53.6 Å². The van der Waals surface area contributed by atoms with Crippen molar-refractivity contribution in [2.45, 2.75) is 33.2 Å². The second-order valence-corrected chi connectivity index (χ2v) is 4.13. The van der Waals surface area contributed by atoms with Gasteiger partial charge in [-0.25, -0.2) is 0 Å². The zero-order chi connectivity index (χ0) is 11.6. The second-order valence-electron chi connectivity index (χ2n) is 4.13. The van der Waals surface area contributed by atoms with E-state index in [1.807, 2.05) is 61.7 Å². The Morgan fingerprint density at radius 1 is 0.733 bits per heavy atom. The number of allylic oxidation sites excluding steroid dienone is 8. The smallest absolute Gasteiger partial charge is 0.0524 e. The Morgan fingerprint density at radius 2 is 1.20 bits per heavy atom. The highest BCUT2D eigenvalue weighted by Gasteiger charge is 2.02. The third kappa shape index (κ3) is 12.6. The van der Waals surface area contributed by atoms with Gasteiger partial charge in [0.1, 0.15) is 0 Å². The van der Waals surface area contributed by atoms with Crippen LogP contribution >= 0.6 is 0 Å². The van der Waals surface area contributed by atoms with Crippen molar-refractivity contribution in [3.05, 3.63) is 48.6 Å². The van der Waals surface area contributed by atoms with Crippen molar-refractivity contribution in [3.8, 4) is 0 Å². The summed E-state index contributed by atoms with van der Waals surface area (Å²) >= 11 is 0. The van der Waals surface area contributed by atoms with Crippen molar-refractivity contribution in [3.63, 3.8) is 0 Å². The lowest BCUT2D eigenvalue weighted by molar-refractivity contribution is 0.587. The molecule has 0 radical (unpaired) electrons. The highest BCUT2D eigenvalue weighted by Crippen LogP contribution is 2.04. The van der Waals surface area contributed by atoms with E-state index in [2.05, 4.69) is 25.8 Å². The average Bonchev–Trinajstić information content (AvgIpc) is 2.14. The maximum atomic E-state index is 4.33. The summed E-state index contributed by atoms with van der Waals surface area (Å²) in [5, 5.41) is 0. The van der Waals surface area contributed by atoms with E-state index in [4.69, 9.17) is 0 Å². The normalized spacial score (nSPS) is 14.7. The van der Waals surface area contributed by atoms with E-state index in [1.165, 1.54) is 0 Å². The van der Waals surface area contributed by atoms with Crippen LogP contribution in [0.1, 0.15) is 27.7 Å². The van der Waals surface area contributed by atoms with Crippen LogP contribution < -0.4 is 0 Å². The Balaban J connectivity index is 3.86. The molecule has 0 aliphatic rings. The molecular weight excluding hydrogens is 182 g/mol. The van der Waals surface area contributed by atoms with Gasteiger partial charge in [0.15, 0.2) is 0 Å². The molecule has 0 amide bonds. The Labute approximate surface area is 93.6 Å². The first-order valence-corrected chi connectivity index (χ1v) is 5.23. The molecular formula is C14H21N. The minimum Gasteiger partial charge on any atom is -0.287 e. The third-order valence-electron chi connectivity index (χ3n) is 1.41. The molecule has 82 valence electrons. The molecule has 0 heterocycles. The zero-order valence-electron chi connectivity index (χ0n) is 10.1. The van der Waals surface area contributed by atoms with Gasteiger partial charge in [-0.3, -0.25) is 4.99 Å². The molecule has 0 fully saturated rings. The first kappa shape index (κ1) is 13.6. The fraction of sp³-hybridized carbons (Fsp3) is 0.357. The second kappa shape index (κ2) is 7.98. The molecule has 0 rings (SSSR count). The molecule has 0 spiro atoms. The summed E-state index contributed by atoms with van der Waals surface area (Å²) in [5.41, 5.74) is 0.0138. The van der Waals surface area contributed by atoms with Crippen LogP contribution in [0.3, 0.4) is 0 Å². The van der Waals surface area contributed by atoms with E-state index in [-0.39, 0.29) is 5.54 Å². The topological polar surface area (TPSA) is 12.4 Å². The van der Waals surface area contributed by atoms with Crippen LogP contribution in [0.5, 0.6) is 0 Å². The fourth-order valence-electron chi connectivity index (χ4n) is 0.748. The lowest BCUT2D eigenvalue weighted by atomic mass is 10.1. The Kier molecular flexibility index (Phi) is 7.25. The molecule has 0 saturated carbocycles. The lowest BCUT2D eigenvalue weighted by Crippen LogP contribution is -2.08. The fourth-order valence-corrected chi connectivity index (χ4v) is 0.748. The van der Waals surface area contributed by atoms with E-state index >= 15 is 0 Å². The van der Waals surface area contributed by atoms with Crippen LogP contribution in [-0.4, -0.2) is 11.8 Å². The maximum absolute atomic E-state index is 4.33. The van der Waals surface area contributed by atoms with Gasteiger partial charge in [-0.2, -0.15) is 0 Å². The maximum Gasteiger partial charge on any atom is 0.0524 e. The molecule has 1 heteroatoms. The van der Waals surface area contributed by atoms with E-state index in [9.17, 15) is 0 Å². The minimum atomic E-state index is 0.0138. The zero-order valence-corrected chi connectivity index (χ0v) is 10.1. The van der Waals surface area contributed by atoms with Gasteiger partial charge in [0, 0.05) is 6.21 Å². The molecule has 0 aromatic carbocycles. The predicted octanol–water partition coefficient (Wildman–Crippen LogP) is 4.10. The summed E-state index contributed by atoms with van der Waals surface area (Å²) in [6.45, 7) is 8.23. The van der Waals surface area contributed by atoms with E-state index < -0.39 is 0 Å². The first-order valence-electron chi connectivity index (χ1n) is 5.23. The molecule has 0 aromatic rings. The van der Waals surface area contributed by atoms with Gasteiger partial charge in [0.05, 0.1) is 5.54 Å². The highest BCUT2D eigenvalue weighted by atomic mass is 14.8. The molecule has 15 heavy (non-hydrogen) atoms. The molecule has 0 unspecified atom stereocenters. The van der Waals surface area contributed by atoms with Crippen molar-refractivity contribution in [2.75, 3.05) is 0 Å². The quantitative estimate of drug-likeness (QED) is 0.482. The van der Waals surface area contributed by atoms with Gasteiger partial charge in [-0.05, 0) is 33.8 Å². The number of nitrogens with zero attached hydrogens (tertiary/aromatic N) is 1. The van der Waals surface area contributed by atoms with Crippen LogP contribution in [0.25, 0.3) is 0 Å². The van der Waals surface area contributed by atoms with Gasteiger partial charge >= 0.3 is 0 Å². The summed E-state index contributed by atoms with van der Waals surface area (Å²) in [7, 11) is 0. The average molecular weight is 203 g/mol. The number of rotatable bonds is 4. The SMILES string of the molecule is C/C=C/C=C/C=C/C=C/C=NC(C)(C)C. The lowest BCUT2D eigenvalue weighted by Gasteiger charge is -2.09. The van der Waals surface area contributed by atoms with Crippen LogP contribution in [0, 0.1) is 0 Å². The first-order chi connectivity index (χ1) is 7.06. The molecule has 0 N–H and O–H groups in total. The summed E-state index contributed by atoms with van der Waals surface area (Å²) < 4.78 is 0. The van der Waals surface area contributed by atoms with Crippen molar-refractivity contribution in [1.82, 2.24) is 0 Å². The van der Waals surface area contributed by atoms with Crippen LogP contribution in [0.4, 0.5) is 0 Å². The highest BCUT2D eigenvalue weighted by molar-refractivity contribution is 5.71. The van der Waals surface area contributed by atoms with E-state index in [1.54, 1.807) is 0 Å². The Bertz CT molecular complexity index is 283. The monoisotopic (exact) mass is 203 g/mol. The summed E-state index contributed by atoms with van der Waals surface area (Å²) in [6, 6.07) is 0. The Hall–Kier alpha value is -1.37. The predicted molar refractivity (Wildman–Crippen MR) is 70.5 cm³/mol. The molecule has 0 bridgehead atoms. The van der Waals surface area contributed by atoms with Crippen LogP contribution in [0.2, 0.25) is 0 Å². The van der Waals surface area contributed by atoms with E-state index in [0.29, 0.717) is 0 Å². The van der Waals surface area contributed by atoms with Crippen molar-refractivity contribution in [2.24, 2.45) is 4.99 Å². The molecule has 0 aliphatic heterocycles. The molecule has 0 aliphatic carbocycles. The van der Waals surface area contributed by atoms with E-state index in [0.717, 1.165) is 0 Å². The van der Waals surface area contributed by atoms with Gasteiger partial charge in [0.25, 0.3) is 0 Å². The minimum absolute atomic E-state index is 0.0138. The number of hydrogen-bond donors (Lipinski definition) is 0. The van der Waals surface area contributed by atoms with Gasteiger partial charge in [0.2, 0.25) is 0 Å². The summed E-state index contributed by atoms with van der Waals surface area (Å²) in [5.74, 6) is 0. The van der Waals surface area contributed by atoms with Crippen molar-refractivity contribution < 1.29 is 0 Å². The van der Waals surface area contributed by atoms with Gasteiger partial charge in [-0.15, -0.1) is 0 Å². The molecule has 0 atom stereocenters. The largest absolute Gasteiger partial charge is 0.287 e. The van der Waals surface area contributed by atoms with Crippen LogP contribution in [-0.2, 0) is 0 Å². The third-order valence-corrected chi connectivity index (χ3v) is 1.41. The standard InChI is InChI=1S/C14H21N/c1-5-6-7-8-9-10-11-12-13-15-14(2,3)4/h5-13H,1-4H3/b6-5+,8-7+,10-9+,12-11+,15-13?. The molecule has 0 aromatic heterocycles. The summed E-state index contributed by atoms with van der Waals surface area (Å²) in [4.78, 5) is 4.33. The van der Waals surface area contributed by atoms with Gasteiger partial charge < -0.3 is 0 Å². The molecule has 0 saturated heterocycles. The van der Waals surface area contributed by atoms with Crippen molar-refractivity contribution >= 4 is 6.21 Å². The van der Waals surface area contributed by atoms with Crippen molar-refractivity contribution in [1.29, 1.82) is 0 Å². The Morgan fingerprint density at radius 3 is 1.67 bits per heavy atom. The number of aliphatic imine (C=N–C) groups is 1. The molecule has 1 nitrogen and oxygen atoms in total. The summed E-state index contributed by atoms with van der Waals surface area (Å²) in [6.07, 6.45) is 17.7. The van der Waals surface area contributed by atoms with Gasteiger partial charge in [-0.1, -0.05) is 42.5 Å².